The number of hydrogen-bond acceptors (Lipinski definition) is 0. The fraction of sp³-hybridized carbons (Fsp3) is 0.526. The summed E-state index contributed by atoms with van der Waals surface area (Å²) in [6, 6.07) is 36.6. The molecule has 0 aliphatic rings. The van der Waals surface area contributed by atoms with Gasteiger partial charge in [0.1, 0.15) is 0 Å². The average Bonchev–Trinajstić information content (AvgIpc) is 3.37. The predicted molar refractivity (Wildman–Crippen MR) is 355 cm³/mol. The van der Waals surface area contributed by atoms with E-state index >= 15 is 0 Å². The van der Waals surface area contributed by atoms with Crippen LogP contribution in [-0.2, 0) is 0 Å². The van der Waals surface area contributed by atoms with Crippen molar-refractivity contribution in [2.45, 2.75) is 260 Å². The van der Waals surface area contributed by atoms with E-state index in [1.807, 2.05) is 7.16 Å². The Bertz CT molecular complexity index is 2580. The second kappa shape index (κ2) is 26.9. The van der Waals surface area contributed by atoms with Gasteiger partial charge in [0.25, 0.3) is 0 Å². The molecule has 0 aromatic heterocycles. The van der Waals surface area contributed by atoms with Gasteiger partial charge in [0.2, 0.25) is 0 Å². The Kier molecular flexibility index (Phi) is 22.1. The zero-order valence-electron chi connectivity index (χ0n) is 54.4. The summed E-state index contributed by atoms with van der Waals surface area (Å²) in [6.45, 7) is 64.0. The van der Waals surface area contributed by atoms with E-state index in [1.165, 1.54) is 75.6 Å². The van der Waals surface area contributed by atoms with Gasteiger partial charge in [-0.3, -0.25) is 0 Å². The fourth-order valence-corrected chi connectivity index (χ4v) is 63.2. The molecule has 420 valence electrons. The van der Waals surface area contributed by atoms with Gasteiger partial charge in [0, 0.05) is 0 Å². The normalized spacial score (nSPS) is 12.9. The van der Waals surface area contributed by atoms with Crippen LogP contribution < -0.4 is 7.16 Å². The van der Waals surface area contributed by atoms with Crippen LogP contribution in [0.3, 0.4) is 0 Å². The van der Waals surface area contributed by atoms with Crippen LogP contribution in [0.5, 0.6) is 0 Å². The molecule has 2 heteroatoms. The van der Waals surface area contributed by atoms with Crippen LogP contribution in [-0.4, -0.2) is 30.3 Å². The zero-order chi connectivity index (χ0) is 58.1. The molecule has 0 aliphatic carbocycles. The maximum absolute atomic E-state index is 2.88. The molecule has 6 rings (SSSR count). The standard InChI is InChI=1S/2C36H49.2C2H5.2Sn/c2*1-21(2)29-17-31(23(5)6)35(32(18-29)24(7)8)27-14-13-15-28(16-27)36-33(25(9)10)19-30(22(3)4)20-34(36)26(11)12;2*1-2;;/h2*13-15,17-26H,1-12H3;2*1H2,2H3;;. The second-order valence-corrected chi connectivity index (χ2v) is 62.7. The second-order valence-electron chi connectivity index (χ2n) is 27.3. The van der Waals surface area contributed by atoms with E-state index < -0.39 is 30.3 Å². The number of hydrogen-bond donors (Lipinski definition) is 0. The fourth-order valence-electron chi connectivity index (χ4n) is 12.7. The Morgan fingerprint density at radius 1 is 0.244 bits per heavy atom. The molecule has 0 fully saturated rings. The van der Waals surface area contributed by atoms with Crippen molar-refractivity contribution in [3.05, 3.63) is 152 Å². The molecule has 0 radical (unpaired) electrons. The van der Waals surface area contributed by atoms with Gasteiger partial charge in [0.15, 0.2) is 0 Å². The molecule has 0 spiro atoms. The van der Waals surface area contributed by atoms with Crippen LogP contribution in [0.4, 0.5) is 0 Å². The van der Waals surface area contributed by atoms with Crippen LogP contribution in [0.25, 0.3) is 44.5 Å². The van der Waals surface area contributed by atoms with E-state index in [1.54, 1.807) is 44.5 Å². The van der Waals surface area contributed by atoms with Gasteiger partial charge in [0.05, 0.1) is 0 Å². The van der Waals surface area contributed by atoms with E-state index in [9.17, 15) is 0 Å². The first-order valence-corrected chi connectivity index (χ1v) is 49.2. The first-order valence-electron chi connectivity index (χ1n) is 31.3. The van der Waals surface area contributed by atoms with Gasteiger partial charge in [-0.05, 0) is 0 Å². The monoisotopic (exact) mass is 1260 g/mol. The van der Waals surface area contributed by atoms with Crippen LogP contribution in [0.1, 0.15) is 318 Å². The predicted octanol–water partition coefficient (Wildman–Crippen LogP) is 23.1. The number of rotatable bonds is 20. The molecular weight excluding hydrogens is 1150 g/mol. The summed E-state index contributed by atoms with van der Waals surface area (Å²) in [7, 11) is 0. The topological polar surface area (TPSA) is 0 Å². The minimum atomic E-state index is -2.88. The molecule has 0 saturated carbocycles. The molecule has 0 heterocycles. The SMILES string of the molecule is C[CH2]/[Sn]([c]1c(-c2c(C(C)C)cc(C(C)C)cc2C(C)C)cccc1-c1c(C(C)C)cc(C(C)C)cc1C(C)C)=[Sn](/[CH2]C)[c]1c(-c2c(C(C)C)cc(C(C)C)cc2C(C)C)cccc1-c1c(C(C)C)cc(C(C)C)cc1C(C)C. The third-order valence-electron chi connectivity index (χ3n) is 17.4. The van der Waals surface area contributed by atoms with E-state index in [2.05, 4.69) is 265 Å². The summed E-state index contributed by atoms with van der Waals surface area (Å²) < 4.78 is 6.24. The Morgan fingerprint density at radius 3 is 0.513 bits per heavy atom. The van der Waals surface area contributed by atoms with Gasteiger partial charge in [-0.15, -0.1) is 0 Å². The Balaban J connectivity index is 2.07. The third-order valence-corrected chi connectivity index (χ3v) is 67.1. The van der Waals surface area contributed by atoms with Gasteiger partial charge < -0.3 is 0 Å². The minimum absolute atomic E-state index is 0.385. The first kappa shape index (κ1) is 64.1. The average molecular weight is 1260 g/mol. The molecule has 0 bridgehead atoms. The van der Waals surface area contributed by atoms with Crippen LogP contribution >= 0.6 is 0 Å². The molecule has 0 aliphatic heterocycles. The molecule has 6 aromatic carbocycles. The molecule has 0 saturated heterocycles. The van der Waals surface area contributed by atoms with Gasteiger partial charge in [-0.2, -0.15) is 0 Å². The van der Waals surface area contributed by atoms with Crippen molar-refractivity contribution in [1.29, 1.82) is 0 Å². The quantitative estimate of drug-likeness (QED) is 0.0669. The summed E-state index contributed by atoms with van der Waals surface area (Å²) in [6.07, 6.45) is 0. The van der Waals surface area contributed by atoms with Crippen molar-refractivity contribution in [1.82, 2.24) is 0 Å². The molecule has 78 heavy (non-hydrogen) atoms. The summed E-state index contributed by atoms with van der Waals surface area (Å²) in [5.74, 6) is 4.92. The van der Waals surface area contributed by atoms with Crippen molar-refractivity contribution >= 4 is 37.5 Å². The van der Waals surface area contributed by atoms with E-state index in [0.29, 0.717) is 71.0 Å². The van der Waals surface area contributed by atoms with Crippen LogP contribution in [0.2, 0.25) is 8.87 Å². The Labute approximate surface area is 489 Å². The molecule has 0 nitrogen and oxygen atoms in total. The maximum atomic E-state index is 2.67. The van der Waals surface area contributed by atoms with Crippen molar-refractivity contribution in [3.63, 3.8) is 0 Å². The number of benzene rings is 6. The molecule has 0 atom stereocenters. The van der Waals surface area contributed by atoms with Crippen molar-refractivity contribution in [2.75, 3.05) is 0 Å². The van der Waals surface area contributed by atoms with E-state index in [-0.39, 0.29) is 0 Å². The van der Waals surface area contributed by atoms with Crippen LogP contribution in [0, 0.1) is 0 Å². The molecule has 6 aromatic rings. The zero-order valence-corrected chi connectivity index (χ0v) is 60.1. The van der Waals surface area contributed by atoms with Gasteiger partial charge in [-0.1, -0.05) is 0 Å². The summed E-state index contributed by atoms with van der Waals surface area (Å²) in [5, 5.41) is 0. The van der Waals surface area contributed by atoms with Crippen LogP contribution in [0.15, 0.2) is 84.9 Å². The summed E-state index contributed by atoms with van der Waals surface area (Å²) in [5.41, 5.74) is 30.7. The van der Waals surface area contributed by atoms with Crippen molar-refractivity contribution in [3.8, 4) is 44.5 Å². The van der Waals surface area contributed by atoms with Gasteiger partial charge in [-0.25, -0.2) is 0 Å². The molecule has 0 amide bonds. The summed E-state index contributed by atoms with van der Waals surface area (Å²) in [4.78, 5) is 0. The van der Waals surface area contributed by atoms with Gasteiger partial charge >= 0.3 is 494 Å². The van der Waals surface area contributed by atoms with E-state index in [0.717, 1.165) is 0 Å². The first-order chi connectivity index (χ1) is 36.6. The van der Waals surface area contributed by atoms with Crippen molar-refractivity contribution < 1.29 is 0 Å². The molecule has 0 N–H and O–H groups in total. The van der Waals surface area contributed by atoms with Crippen molar-refractivity contribution in [2.24, 2.45) is 0 Å². The Morgan fingerprint density at radius 2 is 0.397 bits per heavy atom. The molecular formula is C76H108Sn2. The third kappa shape index (κ3) is 13.2. The molecule has 0 unspecified atom stereocenters. The summed E-state index contributed by atoms with van der Waals surface area (Å²) >= 11 is -5.76. The Hall–Kier alpha value is -3.08. The van der Waals surface area contributed by atoms with E-state index in [4.69, 9.17) is 0 Å².